The van der Waals surface area contributed by atoms with Crippen molar-refractivity contribution in [1.29, 1.82) is 0 Å². The standard InChI is InChI=1S/C12H18N2O5S/c1-3-13(4-2)11-6-5-7-12(10-11)20(17,18)9-8-19-14(15)16/h5-7,10H,3-4,8-9H2,1-2H3. The van der Waals surface area contributed by atoms with E-state index in [0.717, 1.165) is 18.8 Å². The summed E-state index contributed by atoms with van der Waals surface area (Å²) in [6.45, 7) is 5.03. The first-order valence-corrected chi connectivity index (χ1v) is 7.91. The molecular weight excluding hydrogens is 284 g/mol. The largest absolute Gasteiger partial charge is 0.372 e. The van der Waals surface area contributed by atoms with Crippen LogP contribution in [-0.4, -0.2) is 39.0 Å². The highest BCUT2D eigenvalue weighted by Gasteiger charge is 2.16. The number of hydrogen-bond donors (Lipinski definition) is 0. The van der Waals surface area contributed by atoms with Crippen LogP contribution in [0.2, 0.25) is 0 Å². The van der Waals surface area contributed by atoms with Gasteiger partial charge in [0, 0.05) is 18.8 Å². The minimum Gasteiger partial charge on any atom is -0.372 e. The van der Waals surface area contributed by atoms with Crippen molar-refractivity contribution < 1.29 is 18.3 Å². The zero-order valence-corrected chi connectivity index (χ0v) is 12.3. The van der Waals surface area contributed by atoms with Crippen LogP contribution < -0.4 is 4.90 Å². The number of rotatable bonds is 8. The van der Waals surface area contributed by atoms with Gasteiger partial charge in [0.05, 0.1) is 10.6 Å². The van der Waals surface area contributed by atoms with Crippen LogP contribution in [0.1, 0.15) is 13.8 Å². The SMILES string of the molecule is CCN(CC)c1cccc(S(=O)(=O)CCO[N+](=O)[O-])c1. The van der Waals surface area contributed by atoms with Gasteiger partial charge in [-0.25, -0.2) is 8.42 Å². The molecule has 0 atom stereocenters. The van der Waals surface area contributed by atoms with Crippen LogP contribution in [0.5, 0.6) is 0 Å². The molecule has 7 nitrogen and oxygen atoms in total. The average Bonchev–Trinajstić information content (AvgIpc) is 2.40. The molecule has 1 rings (SSSR count). The Hall–Kier alpha value is -1.83. The van der Waals surface area contributed by atoms with E-state index in [9.17, 15) is 18.5 Å². The Morgan fingerprint density at radius 1 is 1.30 bits per heavy atom. The lowest BCUT2D eigenvalue weighted by Gasteiger charge is -2.21. The van der Waals surface area contributed by atoms with Crippen molar-refractivity contribution in [2.45, 2.75) is 18.7 Å². The van der Waals surface area contributed by atoms with Crippen molar-refractivity contribution in [2.24, 2.45) is 0 Å². The van der Waals surface area contributed by atoms with E-state index in [0.29, 0.717) is 0 Å². The Kier molecular flexibility index (Phi) is 5.75. The molecule has 0 amide bonds. The molecule has 0 aliphatic heterocycles. The maximum absolute atomic E-state index is 12.0. The Labute approximate surface area is 118 Å². The lowest BCUT2D eigenvalue weighted by atomic mass is 10.3. The zero-order valence-electron chi connectivity index (χ0n) is 11.5. The molecule has 0 unspecified atom stereocenters. The Bertz CT molecular complexity index is 555. The van der Waals surface area contributed by atoms with Crippen molar-refractivity contribution in [1.82, 2.24) is 0 Å². The first-order valence-electron chi connectivity index (χ1n) is 6.25. The van der Waals surface area contributed by atoms with Gasteiger partial charge >= 0.3 is 0 Å². The fourth-order valence-corrected chi connectivity index (χ4v) is 2.92. The van der Waals surface area contributed by atoms with Gasteiger partial charge in [-0.3, -0.25) is 0 Å². The summed E-state index contributed by atoms with van der Waals surface area (Å²) in [5, 5.41) is 9.03. The Morgan fingerprint density at radius 2 is 1.95 bits per heavy atom. The van der Waals surface area contributed by atoms with Crippen LogP contribution in [0, 0.1) is 10.1 Å². The molecule has 8 heteroatoms. The average molecular weight is 302 g/mol. The molecular formula is C12H18N2O5S. The highest BCUT2D eigenvalue weighted by molar-refractivity contribution is 7.91. The van der Waals surface area contributed by atoms with Gasteiger partial charge in [-0.2, -0.15) is 0 Å². The van der Waals surface area contributed by atoms with E-state index in [2.05, 4.69) is 4.84 Å². The topological polar surface area (TPSA) is 89.8 Å². The first-order chi connectivity index (χ1) is 9.40. The zero-order chi connectivity index (χ0) is 15.2. The van der Waals surface area contributed by atoms with E-state index < -0.39 is 27.3 Å². The van der Waals surface area contributed by atoms with E-state index in [-0.39, 0.29) is 4.90 Å². The summed E-state index contributed by atoms with van der Waals surface area (Å²) in [7, 11) is -3.58. The molecule has 1 aromatic carbocycles. The second-order valence-corrected chi connectivity index (χ2v) is 6.15. The van der Waals surface area contributed by atoms with Crippen LogP contribution in [0.3, 0.4) is 0 Å². The fourth-order valence-electron chi connectivity index (χ4n) is 1.80. The molecule has 1 aromatic rings. The van der Waals surface area contributed by atoms with E-state index in [4.69, 9.17) is 0 Å². The number of benzene rings is 1. The predicted octanol–water partition coefficient (Wildman–Crippen LogP) is 1.51. The maximum atomic E-state index is 12.0. The van der Waals surface area contributed by atoms with E-state index in [1.807, 2.05) is 24.8 Å². The number of anilines is 1. The molecule has 0 heterocycles. The van der Waals surface area contributed by atoms with Gasteiger partial charge in [0.2, 0.25) is 0 Å². The number of hydrogen-bond acceptors (Lipinski definition) is 6. The molecule has 0 fully saturated rings. The van der Waals surface area contributed by atoms with Crippen molar-refractivity contribution in [3.8, 4) is 0 Å². The van der Waals surface area contributed by atoms with Gasteiger partial charge in [0.1, 0.15) is 6.61 Å². The monoisotopic (exact) mass is 302 g/mol. The minimum absolute atomic E-state index is 0.147. The lowest BCUT2D eigenvalue weighted by molar-refractivity contribution is -0.756. The van der Waals surface area contributed by atoms with Crippen LogP contribution in [0.25, 0.3) is 0 Å². The smallest absolute Gasteiger partial charge is 0.294 e. The molecule has 112 valence electrons. The summed E-state index contributed by atoms with van der Waals surface area (Å²) in [6, 6.07) is 6.55. The van der Waals surface area contributed by atoms with Crippen molar-refractivity contribution in [2.75, 3.05) is 30.3 Å². The Balaban J connectivity index is 2.90. The van der Waals surface area contributed by atoms with Gasteiger partial charge in [-0.15, -0.1) is 10.1 Å². The molecule has 0 aliphatic rings. The third-order valence-electron chi connectivity index (χ3n) is 2.85. The van der Waals surface area contributed by atoms with Crippen molar-refractivity contribution in [3.05, 3.63) is 34.4 Å². The summed E-state index contributed by atoms with van der Waals surface area (Å²) in [4.78, 5) is 16.2. The highest BCUT2D eigenvalue weighted by atomic mass is 32.2. The second-order valence-electron chi connectivity index (χ2n) is 4.05. The van der Waals surface area contributed by atoms with Crippen molar-refractivity contribution in [3.63, 3.8) is 0 Å². The first kappa shape index (κ1) is 16.2. The summed E-state index contributed by atoms with van der Waals surface area (Å²) < 4.78 is 24.1. The number of sulfone groups is 1. The third-order valence-corrected chi connectivity index (χ3v) is 4.53. The molecule has 0 aliphatic carbocycles. The van der Waals surface area contributed by atoms with Gasteiger partial charge in [0.25, 0.3) is 5.09 Å². The number of nitrogens with zero attached hydrogens (tertiary/aromatic N) is 2. The van der Waals surface area contributed by atoms with Crippen LogP contribution in [0.4, 0.5) is 5.69 Å². The third kappa shape index (κ3) is 4.37. The van der Waals surface area contributed by atoms with E-state index >= 15 is 0 Å². The van der Waals surface area contributed by atoms with Crippen LogP contribution in [-0.2, 0) is 14.7 Å². The van der Waals surface area contributed by atoms with Gasteiger partial charge in [-0.05, 0) is 32.0 Å². The minimum atomic E-state index is -3.58. The lowest BCUT2D eigenvalue weighted by Crippen LogP contribution is -2.22. The quantitative estimate of drug-likeness (QED) is 0.534. The normalized spacial score (nSPS) is 11.1. The maximum Gasteiger partial charge on any atom is 0.294 e. The second kappa shape index (κ2) is 7.09. The van der Waals surface area contributed by atoms with Gasteiger partial charge in [0.15, 0.2) is 9.84 Å². The summed E-state index contributed by atoms with van der Waals surface area (Å²) in [5.74, 6) is -0.421. The fraction of sp³-hybridized carbons (Fsp3) is 0.500. The molecule has 0 saturated heterocycles. The molecule has 20 heavy (non-hydrogen) atoms. The van der Waals surface area contributed by atoms with Crippen LogP contribution in [0.15, 0.2) is 29.2 Å². The molecule has 0 spiro atoms. The van der Waals surface area contributed by atoms with Crippen LogP contribution >= 0.6 is 0 Å². The summed E-state index contributed by atoms with van der Waals surface area (Å²) in [5.41, 5.74) is 0.811. The Morgan fingerprint density at radius 3 is 2.50 bits per heavy atom. The molecule has 0 bridgehead atoms. The highest BCUT2D eigenvalue weighted by Crippen LogP contribution is 2.20. The molecule has 0 N–H and O–H groups in total. The molecule has 0 radical (unpaired) electrons. The summed E-state index contributed by atoms with van der Waals surface area (Å²) >= 11 is 0. The van der Waals surface area contributed by atoms with Crippen molar-refractivity contribution >= 4 is 15.5 Å². The van der Waals surface area contributed by atoms with Gasteiger partial charge < -0.3 is 9.74 Å². The van der Waals surface area contributed by atoms with E-state index in [1.54, 1.807) is 12.1 Å². The van der Waals surface area contributed by atoms with E-state index in [1.165, 1.54) is 6.07 Å². The van der Waals surface area contributed by atoms with Gasteiger partial charge in [-0.1, -0.05) is 6.07 Å². The molecule has 0 aromatic heterocycles. The molecule has 0 saturated carbocycles. The predicted molar refractivity (Wildman–Crippen MR) is 75.0 cm³/mol. The summed E-state index contributed by atoms with van der Waals surface area (Å²) in [6.07, 6.45) is 0.